The maximum atomic E-state index is 9.78. The van der Waals surface area contributed by atoms with Crippen LogP contribution in [0, 0.1) is 0 Å². The van der Waals surface area contributed by atoms with Gasteiger partial charge in [-0.25, -0.2) is 0 Å². The largest absolute Gasteiger partial charge is 0.393 e. The maximum absolute atomic E-state index is 9.78. The zero-order valence-corrected chi connectivity index (χ0v) is 12.9. The van der Waals surface area contributed by atoms with Crippen molar-refractivity contribution in [3.05, 3.63) is 0 Å². The number of rotatable bonds is 14. The molecule has 0 saturated carbocycles. The smallest absolute Gasteiger partial charge is 0.0540 e. The molecule has 0 aliphatic carbocycles. The molecule has 0 saturated heterocycles. The summed E-state index contributed by atoms with van der Waals surface area (Å²) in [4.78, 5) is 0. The molecular formula is C17H36O. The molecule has 1 atom stereocenters. The lowest BCUT2D eigenvalue weighted by Gasteiger charge is -2.09. The van der Waals surface area contributed by atoms with E-state index >= 15 is 0 Å². The predicted octanol–water partition coefficient (Wildman–Crippen LogP) is 5.85. The van der Waals surface area contributed by atoms with Crippen molar-refractivity contribution in [2.24, 2.45) is 0 Å². The molecular weight excluding hydrogens is 220 g/mol. The SMILES string of the molecule is CCCCCCCCCCC[C@@H](O)CCCCC. The zero-order chi connectivity index (χ0) is 13.5. The number of aliphatic hydroxyl groups is 1. The van der Waals surface area contributed by atoms with Crippen molar-refractivity contribution >= 4 is 0 Å². The normalized spacial score (nSPS) is 12.8. The Morgan fingerprint density at radius 1 is 0.556 bits per heavy atom. The Hall–Kier alpha value is -0.0400. The Kier molecular flexibility index (Phi) is 15.0. The Balaban J connectivity index is 3.05. The van der Waals surface area contributed by atoms with Gasteiger partial charge in [0.25, 0.3) is 0 Å². The highest BCUT2D eigenvalue weighted by Crippen LogP contribution is 2.13. The molecule has 0 heterocycles. The summed E-state index contributed by atoms with van der Waals surface area (Å²) in [6, 6.07) is 0. The molecule has 0 radical (unpaired) electrons. The molecule has 0 aromatic heterocycles. The fourth-order valence-corrected chi connectivity index (χ4v) is 2.46. The Morgan fingerprint density at radius 3 is 1.39 bits per heavy atom. The molecule has 0 aromatic carbocycles. The van der Waals surface area contributed by atoms with E-state index in [1.165, 1.54) is 77.0 Å². The summed E-state index contributed by atoms with van der Waals surface area (Å²) in [5, 5.41) is 9.78. The van der Waals surface area contributed by atoms with Crippen LogP contribution in [0.15, 0.2) is 0 Å². The summed E-state index contributed by atoms with van der Waals surface area (Å²) in [7, 11) is 0. The van der Waals surface area contributed by atoms with Crippen LogP contribution in [-0.2, 0) is 0 Å². The minimum absolute atomic E-state index is 0.0268. The second-order valence-electron chi connectivity index (χ2n) is 5.77. The third-order valence-electron chi connectivity index (χ3n) is 3.78. The molecule has 110 valence electrons. The van der Waals surface area contributed by atoms with Gasteiger partial charge >= 0.3 is 0 Å². The minimum atomic E-state index is -0.0268. The average Bonchev–Trinajstić information content (AvgIpc) is 2.37. The first-order valence-corrected chi connectivity index (χ1v) is 8.49. The van der Waals surface area contributed by atoms with Gasteiger partial charge in [-0.1, -0.05) is 90.9 Å². The molecule has 0 aromatic rings. The third-order valence-corrected chi connectivity index (χ3v) is 3.78. The van der Waals surface area contributed by atoms with Gasteiger partial charge in [0.05, 0.1) is 6.10 Å². The molecule has 1 nitrogen and oxygen atoms in total. The highest BCUT2D eigenvalue weighted by molar-refractivity contribution is 4.56. The second kappa shape index (κ2) is 15.0. The molecule has 0 amide bonds. The van der Waals surface area contributed by atoms with E-state index in [4.69, 9.17) is 0 Å². The topological polar surface area (TPSA) is 20.2 Å². The van der Waals surface area contributed by atoms with Crippen LogP contribution in [0.25, 0.3) is 0 Å². The van der Waals surface area contributed by atoms with Gasteiger partial charge in [-0.3, -0.25) is 0 Å². The fraction of sp³-hybridized carbons (Fsp3) is 1.00. The van der Waals surface area contributed by atoms with Crippen LogP contribution in [0.3, 0.4) is 0 Å². The van der Waals surface area contributed by atoms with Gasteiger partial charge in [0, 0.05) is 0 Å². The van der Waals surface area contributed by atoms with Crippen LogP contribution in [0.4, 0.5) is 0 Å². The summed E-state index contributed by atoms with van der Waals surface area (Å²) in [6.07, 6.45) is 18.1. The van der Waals surface area contributed by atoms with Gasteiger partial charge in [-0.2, -0.15) is 0 Å². The molecule has 0 aliphatic rings. The van der Waals surface area contributed by atoms with Crippen LogP contribution in [0.2, 0.25) is 0 Å². The average molecular weight is 256 g/mol. The first kappa shape index (κ1) is 18.0. The van der Waals surface area contributed by atoms with Crippen molar-refractivity contribution < 1.29 is 5.11 Å². The van der Waals surface area contributed by atoms with Gasteiger partial charge in [0.2, 0.25) is 0 Å². The van der Waals surface area contributed by atoms with Gasteiger partial charge in [-0.05, 0) is 12.8 Å². The first-order valence-electron chi connectivity index (χ1n) is 8.49. The quantitative estimate of drug-likeness (QED) is 0.387. The lowest BCUT2D eigenvalue weighted by Crippen LogP contribution is -2.05. The lowest BCUT2D eigenvalue weighted by molar-refractivity contribution is 0.147. The predicted molar refractivity (Wildman–Crippen MR) is 82.0 cm³/mol. The molecule has 1 heteroatoms. The van der Waals surface area contributed by atoms with Crippen LogP contribution < -0.4 is 0 Å². The van der Waals surface area contributed by atoms with Crippen molar-refractivity contribution in [2.45, 2.75) is 110 Å². The van der Waals surface area contributed by atoms with Crippen molar-refractivity contribution in [3.8, 4) is 0 Å². The molecule has 0 spiro atoms. The first-order chi connectivity index (χ1) is 8.81. The summed E-state index contributed by atoms with van der Waals surface area (Å²) in [5.74, 6) is 0. The van der Waals surface area contributed by atoms with Crippen molar-refractivity contribution in [2.75, 3.05) is 0 Å². The number of hydrogen-bond acceptors (Lipinski definition) is 1. The van der Waals surface area contributed by atoms with E-state index in [2.05, 4.69) is 13.8 Å². The molecule has 18 heavy (non-hydrogen) atoms. The lowest BCUT2D eigenvalue weighted by atomic mass is 10.0. The number of unbranched alkanes of at least 4 members (excludes halogenated alkanes) is 10. The van der Waals surface area contributed by atoms with Gasteiger partial charge in [0.15, 0.2) is 0 Å². The third kappa shape index (κ3) is 14.0. The summed E-state index contributed by atoms with van der Waals surface area (Å²) in [6.45, 7) is 4.48. The van der Waals surface area contributed by atoms with E-state index in [9.17, 15) is 5.11 Å². The van der Waals surface area contributed by atoms with Crippen LogP contribution in [-0.4, -0.2) is 11.2 Å². The van der Waals surface area contributed by atoms with E-state index in [-0.39, 0.29) is 6.10 Å². The van der Waals surface area contributed by atoms with Crippen molar-refractivity contribution in [1.82, 2.24) is 0 Å². The van der Waals surface area contributed by atoms with E-state index in [0.29, 0.717) is 0 Å². The highest BCUT2D eigenvalue weighted by atomic mass is 16.3. The van der Waals surface area contributed by atoms with E-state index in [1.807, 2.05) is 0 Å². The summed E-state index contributed by atoms with van der Waals surface area (Å²) in [5.41, 5.74) is 0. The second-order valence-corrected chi connectivity index (χ2v) is 5.77. The van der Waals surface area contributed by atoms with E-state index in [1.54, 1.807) is 0 Å². The van der Waals surface area contributed by atoms with Crippen LogP contribution in [0.1, 0.15) is 104 Å². The molecule has 0 aliphatic heterocycles. The standard InChI is InChI=1S/C17H36O/c1-3-5-7-8-9-10-11-12-14-16-17(18)15-13-6-4-2/h17-18H,3-16H2,1-2H3/t17-/m0/s1. The summed E-state index contributed by atoms with van der Waals surface area (Å²) < 4.78 is 0. The van der Waals surface area contributed by atoms with E-state index < -0.39 is 0 Å². The Morgan fingerprint density at radius 2 is 0.889 bits per heavy atom. The maximum Gasteiger partial charge on any atom is 0.0540 e. The monoisotopic (exact) mass is 256 g/mol. The highest BCUT2D eigenvalue weighted by Gasteiger charge is 2.02. The number of hydrogen-bond donors (Lipinski definition) is 1. The van der Waals surface area contributed by atoms with E-state index in [0.717, 1.165) is 12.8 Å². The molecule has 0 bridgehead atoms. The fourth-order valence-electron chi connectivity index (χ4n) is 2.46. The molecule has 0 unspecified atom stereocenters. The minimum Gasteiger partial charge on any atom is -0.393 e. The molecule has 1 N–H and O–H groups in total. The van der Waals surface area contributed by atoms with Crippen molar-refractivity contribution in [1.29, 1.82) is 0 Å². The molecule has 0 rings (SSSR count). The van der Waals surface area contributed by atoms with Gasteiger partial charge < -0.3 is 5.11 Å². The van der Waals surface area contributed by atoms with Crippen LogP contribution >= 0.6 is 0 Å². The Labute approximate surface area is 115 Å². The summed E-state index contributed by atoms with van der Waals surface area (Å²) >= 11 is 0. The van der Waals surface area contributed by atoms with Gasteiger partial charge in [0.1, 0.15) is 0 Å². The molecule has 0 fully saturated rings. The number of aliphatic hydroxyl groups excluding tert-OH is 1. The zero-order valence-electron chi connectivity index (χ0n) is 12.9. The van der Waals surface area contributed by atoms with Crippen LogP contribution in [0.5, 0.6) is 0 Å². The van der Waals surface area contributed by atoms with Crippen molar-refractivity contribution in [3.63, 3.8) is 0 Å². The Bertz CT molecular complexity index is 145. The van der Waals surface area contributed by atoms with Gasteiger partial charge in [-0.15, -0.1) is 0 Å².